The first kappa shape index (κ1) is 19.6. The highest BCUT2D eigenvalue weighted by molar-refractivity contribution is 9.10. The molecule has 5 rings (SSSR count). The van der Waals surface area contributed by atoms with Gasteiger partial charge in [0, 0.05) is 4.47 Å². The highest BCUT2D eigenvalue weighted by Crippen LogP contribution is 2.31. The maximum absolute atomic E-state index is 13.4. The molecule has 1 N–H and O–H groups in total. The minimum atomic E-state index is -0.500. The number of carbonyl (C=O) groups is 2. The van der Waals surface area contributed by atoms with Crippen LogP contribution in [0.1, 0.15) is 5.56 Å². The monoisotopic (exact) mass is 486 g/mol. The van der Waals surface area contributed by atoms with Gasteiger partial charge < -0.3 is 0 Å². The number of amides is 2. The zero-order chi connectivity index (χ0) is 21.5. The van der Waals surface area contributed by atoms with Crippen LogP contribution in [-0.2, 0) is 9.59 Å². The molecular weight excluding hydrogens is 472 g/mol. The van der Waals surface area contributed by atoms with Gasteiger partial charge in [0.15, 0.2) is 5.11 Å². The number of anilines is 1. The van der Waals surface area contributed by atoms with E-state index in [4.69, 9.17) is 12.2 Å². The Morgan fingerprint density at radius 3 is 2.03 bits per heavy atom. The van der Waals surface area contributed by atoms with Crippen LogP contribution in [0.4, 0.5) is 5.69 Å². The average Bonchev–Trinajstić information content (AvgIpc) is 2.77. The molecular formula is C25H15BrN2O2S. The van der Waals surface area contributed by atoms with Gasteiger partial charge in [0.05, 0.1) is 5.69 Å². The van der Waals surface area contributed by atoms with Gasteiger partial charge >= 0.3 is 0 Å². The molecule has 0 unspecified atom stereocenters. The van der Waals surface area contributed by atoms with Crippen molar-refractivity contribution in [2.45, 2.75) is 0 Å². The summed E-state index contributed by atoms with van der Waals surface area (Å²) in [6.45, 7) is 0. The lowest BCUT2D eigenvalue weighted by Crippen LogP contribution is -2.54. The highest BCUT2D eigenvalue weighted by atomic mass is 79.9. The SMILES string of the molecule is O=C1NC(=S)N(c2ccc(Br)cc2)C(=O)/C1=C\c1c2ccccc2cc2ccccc12. The second-order valence-electron chi connectivity index (χ2n) is 7.17. The van der Waals surface area contributed by atoms with Gasteiger partial charge in [0.2, 0.25) is 0 Å². The van der Waals surface area contributed by atoms with Crippen LogP contribution in [-0.4, -0.2) is 16.9 Å². The van der Waals surface area contributed by atoms with Crippen LogP contribution in [0, 0.1) is 0 Å². The van der Waals surface area contributed by atoms with E-state index in [0.29, 0.717) is 5.69 Å². The molecule has 0 saturated carbocycles. The number of nitrogens with zero attached hydrogens (tertiary/aromatic N) is 1. The summed E-state index contributed by atoms with van der Waals surface area (Å²) in [6, 6.07) is 25.2. The Kier molecular flexibility index (Phi) is 4.88. The summed E-state index contributed by atoms with van der Waals surface area (Å²) in [5.41, 5.74) is 1.46. The average molecular weight is 487 g/mol. The minimum Gasteiger partial charge on any atom is -0.298 e. The van der Waals surface area contributed by atoms with E-state index in [1.807, 2.05) is 60.7 Å². The summed E-state index contributed by atoms with van der Waals surface area (Å²) in [5.74, 6) is -0.950. The molecule has 1 aliphatic rings. The minimum absolute atomic E-state index is 0.0398. The molecule has 4 nitrogen and oxygen atoms in total. The van der Waals surface area contributed by atoms with Crippen LogP contribution in [0.15, 0.2) is 88.9 Å². The smallest absolute Gasteiger partial charge is 0.270 e. The van der Waals surface area contributed by atoms with Gasteiger partial charge in [-0.2, -0.15) is 0 Å². The van der Waals surface area contributed by atoms with E-state index >= 15 is 0 Å². The van der Waals surface area contributed by atoms with E-state index in [0.717, 1.165) is 31.6 Å². The van der Waals surface area contributed by atoms with Crippen molar-refractivity contribution in [1.82, 2.24) is 5.32 Å². The Morgan fingerprint density at radius 1 is 0.839 bits per heavy atom. The molecule has 0 atom stereocenters. The summed E-state index contributed by atoms with van der Waals surface area (Å²) in [7, 11) is 0. The van der Waals surface area contributed by atoms with Gasteiger partial charge in [-0.15, -0.1) is 0 Å². The quantitative estimate of drug-likeness (QED) is 0.174. The van der Waals surface area contributed by atoms with Crippen LogP contribution in [0.25, 0.3) is 27.6 Å². The Morgan fingerprint density at radius 2 is 1.42 bits per heavy atom. The van der Waals surface area contributed by atoms with Crippen LogP contribution in [0.3, 0.4) is 0 Å². The molecule has 150 valence electrons. The fraction of sp³-hybridized carbons (Fsp3) is 0. The van der Waals surface area contributed by atoms with Crippen LogP contribution in [0.5, 0.6) is 0 Å². The predicted molar refractivity (Wildman–Crippen MR) is 132 cm³/mol. The van der Waals surface area contributed by atoms with Crippen molar-refractivity contribution in [2.24, 2.45) is 0 Å². The Bertz CT molecular complexity index is 1370. The number of halogens is 1. The summed E-state index contributed by atoms with van der Waals surface area (Å²) < 4.78 is 0.883. The summed E-state index contributed by atoms with van der Waals surface area (Å²) in [4.78, 5) is 27.6. The van der Waals surface area contributed by atoms with Crippen molar-refractivity contribution in [3.63, 3.8) is 0 Å². The maximum Gasteiger partial charge on any atom is 0.270 e. The summed E-state index contributed by atoms with van der Waals surface area (Å²) in [5, 5.41) is 6.74. The largest absolute Gasteiger partial charge is 0.298 e. The molecule has 0 radical (unpaired) electrons. The number of carbonyl (C=O) groups excluding carboxylic acids is 2. The van der Waals surface area contributed by atoms with Crippen molar-refractivity contribution in [1.29, 1.82) is 0 Å². The number of fused-ring (bicyclic) bond motifs is 2. The molecule has 4 aromatic rings. The van der Waals surface area contributed by atoms with E-state index in [-0.39, 0.29) is 10.7 Å². The normalized spacial score (nSPS) is 15.7. The second-order valence-corrected chi connectivity index (χ2v) is 8.47. The van der Waals surface area contributed by atoms with E-state index in [1.54, 1.807) is 18.2 Å². The standard InChI is InChI=1S/C25H15BrN2O2S/c26-17-9-11-18(12-10-17)28-24(30)22(23(29)27-25(28)31)14-21-19-7-3-1-5-15(19)13-16-6-2-4-8-20(16)21/h1-14H,(H,27,29,31)/b22-14-. The van der Waals surface area contributed by atoms with Crippen LogP contribution < -0.4 is 10.2 Å². The lowest BCUT2D eigenvalue weighted by atomic mass is 9.94. The number of benzene rings is 4. The third-order valence-electron chi connectivity index (χ3n) is 5.29. The number of hydrogen-bond acceptors (Lipinski definition) is 3. The first-order chi connectivity index (χ1) is 15.0. The molecule has 31 heavy (non-hydrogen) atoms. The molecule has 1 fully saturated rings. The van der Waals surface area contributed by atoms with E-state index in [2.05, 4.69) is 27.3 Å². The van der Waals surface area contributed by atoms with Gasteiger partial charge in [-0.05, 0) is 75.7 Å². The van der Waals surface area contributed by atoms with Crippen LogP contribution >= 0.6 is 28.1 Å². The lowest BCUT2D eigenvalue weighted by Gasteiger charge is -2.29. The molecule has 4 aromatic carbocycles. The molecule has 2 amide bonds. The highest BCUT2D eigenvalue weighted by Gasteiger charge is 2.34. The van der Waals surface area contributed by atoms with Gasteiger partial charge in [0.25, 0.3) is 11.8 Å². The third kappa shape index (κ3) is 3.44. The van der Waals surface area contributed by atoms with Crippen molar-refractivity contribution < 1.29 is 9.59 Å². The lowest BCUT2D eigenvalue weighted by molar-refractivity contribution is -0.122. The van der Waals surface area contributed by atoms with Crippen molar-refractivity contribution in [3.8, 4) is 0 Å². The van der Waals surface area contributed by atoms with Crippen molar-refractivity contribution in [2.75, 3.05) is 4.90 Å². The molecule has 0 aromatic heterocycles. The zero-order valence-corrected chi connectivity index (χ0v) is 18.5. The summed E-state index contributed by atoms with van der Waals surface area (Å²) in [6.07, 6.45) is 1.68. The molecule has 1 heterocycles. The Balaban J connectivity index is 1.71. The number of hydrogen-bond donors (Lipinski definition) is 1. The van der Waals surface area contributed by atoms with Gasteiger partial charge in [-0.25, -0.2) is 0 Å². The van der Waals surface area contributed by atoms with Crippen molar-refractivity contribution >= 4 is 78.4 Å². The van der Waals surface area contributed by atoms with Crippen LogP contribution in [0.2, 0.25) is 0 Å². The molecule has 0 bridgehead atoms. The Labute approximate surface area is 192 Å². The number of thiocarbonyl (C=S) groups is 1. The van der Waals surface area contributed by atoms with Gasteiger partial charge in [-0.1, -0.05) is 64.5 Å². The molecule has 1 aliphatic heterocycles. The van der Waals surface area contributed by atoms with E-state index < -0.39 is 11.8 Å². The molecule has 0 aliphatic carbocycles. The molecule has 1 saturated heterocycles. The Hall–Kier alpha value is -3.35. The van der Waals surface area contributed by atoms with E-state index in [1.165, 1.54) is 4.90 Å². The summed E-state index contributed by atoms with van der Waals surface area (Å²) >= 11 is 8.70. The number of nitrogens with one attached hydrogen (secondary N) is 1. The predicted octanol–water partition coefficient (Wildman–Crippen LogP) is 5.59. The molecule has 0 spiro atoms. The topological polar surface area (TPSA) is 49.4 Å². The van der Waals surface area contributed by atoms with Gasteiger partial charge in [-0.3, -0.25) is 19.8 Å². The van der Waals surface area contributed by atoms with Crippen molar-refractivity contribution in [3.05, 3.63) is 94.5 Å². The maximum atomic E-state index is 13.4. The molecule has 6 heteroatoms. The first-order valence-electron chi connectivity index (χ1n) is 9.60. The zero-order valence-electron chi connectivity index (χ0n) is 16.1. The number of rotatable bonds is 2. The van der Waals surface area contributed by atoms with Gasteiger partial charge in [0.1, 0.15) is 5.57 Å². The van der Waals surface area contributed by atoms with E-state index in [9.17, 15) is 9.59 Å². The first-order valence-corrected chi connectivity index (χ1v) is 10.8. The fourth-order valence-electron chi connectivity index (χ4n) is 3.83. The third-order valence-corrected chi connectivity index (χ3v) is 6.10. The fourth-order valence-corrected chi connectivity index (χ4v) is 4.38. The second kappa shape index (κ2) is 7.72.